The minimum Gasteiger partial charge on any atom is -0.382 e. The second-order valence-corrected chi connectivity index (χ2v) is 6.63. The van der Waals surface area contributed by atoms with Crippen LogP contribution in [0.1, 0.15) is 34.3 Å². The van der Waals surface area contributed by atoms with Gasteiger partial charge in [-0.2, -0.15) is 0 Å². The number of nitrogens with one attached hydrogen (secondary N) is 1. The van der Waals surface area contributed by atoms with Crippen LogP contribution in [0.4, 0.5) is 5.69 Å². The third-order valence-electron chi connectivity index (χ3n) is 4.59. The number of nitrogens with zero attached hydrogens (tertiary/aromatic N) is 1. The highest BCUT2D eigenvalue weighted by Crippen LogP contribution is 2.19. The zero-order chi connectivity index (χ0) is 16.9. The predicted octanol–water partition coefficient (Wildman–Crippen LogP) is 3.17. The quantitative estimate of drug-likeness (QED) is 0.888. The molecule has 2 aromatic rings. The maximum atomic E-state index is 11.3. The summed E-state index contributed by atoms with van der Waals surface area (Å²) in [5, 5.41) is 3.64. The first-order chi connectivity index (χ1) is 11.6. The van der Waals surface area contributed by atoms with E-state index in [-0.39, 0.29) is 5.91 Å². The van der Waals surface area contributed by atoms with Crippen molar-refractivity contribution in [2.24, 2.45) is 5.73 Å². The van der Waals surface area contributed by atoms with Crippen molar-refractivity contribution in [3.05, 3.63) is 65.2 Å². The fraction of sp³-hybridized carbons (Fsp3) is 0.350. The maximum Gasteiger partial charge on any atom is 0.248 e. The summed E-state index contributed by atoms with van der Waals surface area (Å²) in [6, 6.07) is 16.7. The molecule has 0 atom stereocenters. The Labute approximate surface area is 143 Å². The molecule has 1 heterocycles. The van der Waals surface area contributed by atoms with E-state index >= 15 is 0 Å². The molecule has 2 aromatic carbocycles. The molecule has 1 aliphatic rings. The Kier molecular flexibility index (Phi) is 5.16. The molecule has 0 unspecified atom stereocenters. The summed E-state index contributed by atoms with van der Waals surface area (Å²) in [7, 11) is 0. The van der Waals surface area contributed by atoms with Crippen molar-refractivity contribution in [2.45, 2.75) is 32.4 Å². The Morgan fingerprint density at radius 3 is 2.62 bits per heavy atom. The monoisotopic (exact) mass is 323 g/mol. The Morgan fingerprint density at radius 2 is 1.92 bits per heavy atom. The topological polar surface area (TPSA) is 58.4 Å². The van der Waals surface area contributed by atoms with Gasteiger partial charge in [0.25, 0.3) is 0 Å². The standard InChI is InChI=1S/C20H25N3O/c1-15-4-2-7-19(12-15)22-18-8-10-23(11-9-18)14-16-5-3-6-17(13-16)20(21)24/h2-7,12-13,18,22H,8-11,14H2,1H3,(H2,21,24). The number of carbonyl (C=O) groups is 1. The van der Waals surface area contributed by atoms with Crippen molar-refractivity contribution in [1.29, 1.82) is 0 Å². The summed E-state index contributed by atoms with van der Waals surface area (Å²) in [6.07, 6.45) is 2.26. The molecule has 3 N–H and O–H groups in total. The first-order valence-corrected chi connectivity index (χ1v) is 8.54. The zero-order valence-corrected chi connectivity index (χ0v) is 14.2. The van der Waals surface area contributed by atoms with E-state index in [4.69, 9.17) is 5.73 Å². The van der Waals surface area contributed by atoms with Gasteiger partial charge in [0.1, 0.15) is 0 Å². The minimum atomic E-state index is -0.363. The molecule has 1 fully saturated rings. The third-order valence-corrected chi connectivity index (χ3v) is 4.59. The average molecular weight is 323 g/mol. The van der Waals surface area contributed by atoms with Gasteiger partial charge in [0.05, 0.1) is 0 Å². The van der Waals surface area contributed by atoms with Crippen LogP contribution in [0, 0.1) is 6.92 Å². The second kappa shape index (κ2) is 7.49. The van der Waals surface area contributed by atoms with Crippen molar-refractivity contribution in [3.63, 3.8) is 0 Å². The van der Waals surface area contributed by atoms with Crippen LogP contribution in [-0.2, 0) is 6.54 Å². The first kappa shape index (κ1) is 16.5. The minimum absolute atomic E-state index is 0.363. The maximum absolute atomic E-state index is 11.3. The van der Waals surface area contributed by atoms with E-state index in [2.05, 4.69) is 47.5 Å². The Balaban J connectivity index is 1.52. The van der Waals surface area contributed by atoms with Gasteiger partial charge in [-0.05, 0) is 55.2 Å². The largest absolute Gasteiger partial charge is 0.382 e. The van der Waals surface area contributed by atoms with Crippen LogP contribution < -0.4 is 11.1 Å². The third kappa shape index (κ3) is 4.36. The molecule has 0 bridgehead atoms. The Bertz CT molecular complexity index is 706. The van der Waals surface area contributed by atoms with Gasteiger partial charge in [-0.1, -0.05) is 24.3 Å². The summed E-state index contributed by atoms with van der Waals surface area (Å²) < 4.78 is 0. The van der Waals surface area contributed by atoms with Crippen LogP contribution in [0.25, 0.3) is 0 Å². The molecule has 24 heavy (non-hydrogen) atoms. The second-order valence-electron chi connectivity index (χ2n) is 6.63. The van der Waals surface area contributed by atoms with Gasteiger partial charge >= 0.3 is 0 Å². The van der Waals surface area contributed by atoms with Crippen molar-refractivity contribution in [2.75, 3.05) is 18.4 Å². The van der Waals surface area contributed by atoms with E-state index in [1.54, 1.807) is 6.07 Å². The first-order valence-electron chi connectivity index (χ1n) is 8.54. The molecule has 4 nitrogen and oxygen atoms in total. The van der Waals surface area contributed by atoms with Crippen LogP contribution >= 0.6 is 0 Å². The number of likely N-dealkylation sites (tertiary alicyclic amines) is 1. The van der Waals surface area contributed by atoms with Crippen LogP contribution in [0.2, 0.25) is 0 Å². The van der Waals surface area contributed by atoms with Crippen LogP contribution in [-0.4, -0.2) is 29.9 Å². The van der Waals surface area contributed by atoms with Crippen molar-refractivity contribution in [3.8, 4) is 0 Å². The summed E-state index contributed by atoms with van der Waals surface area (Å²) >= 11 is 0. The average Bonchev–Trinajstić information content (AvgIpc) is 2.57. The molecule has 4 heteroatoms. The molecule has 0 spiro atoms. The van der Waals surface area contributed by atoms with Gasteiger partial charge in [-0.25, -0.2) is 0 Å². The van der Waals surface area contributed by atoms with Crippen LogP contribution in [0.5, 0.6) is 0 Å². The number of benzene rings is 2. The van der Waals surface area contributed by atoms with Crippen molar-refractivity contribution in [1.82, 2.24) is 4.90 Å². The molecular weight excluding hydrogens is 298 g/mol. The highest BCUT2D eigenvalue weighted by Gasteiger charge is 2.19. The number of nitrogens with two attached hydrogens (primary N) is 1. The smallest absolute Gasteiger partial charge is 0.248 e. The lowest BCUT2D eigenvalue weighted by Crippen LogP contribution is -2.38. The van der Waals surface area contributed by atoms with E-state index in [0.29, 0.717) is 11.6 Å². The zero-order valence-electron chi connectivity index (χ0n) is 14.2. The number of piperidine rings is 1. The van der Waals surface area contributed by atoms with E-state index in [9.17, 15) is 4.79 Å². The van der Waals surface area contributed by atoms with E-state index < -0.39 is 0 Å². The van der Waals surface area contributed by atoms with Crippen LogP contribution in [0.15, 0.2) is 48.5 Å². The van der Waals surface area contributed by atoms with Gasteiger partial charge in [0.15, 0.2) is 0 Å². The highest BCUT2D eigenvalue weighted by atomic mass is 16.1. The number of hydrogen-bond acceptors (Lipinski definition) is 3. The van der Waals surface area contributed by atoms with E-state index in [1.807, 2.05) is 12.1 Å². The van der Waals surface area contributed by atoms with Gasteiger partial charge in [-0.3, -0.25) is 9.69 Å². The molecule has 1 saturated heterocycles. The Morgan fingerprint density at radius 1 is 1.17 bits per heavy atom. The predicted molar refractivity (Wildman–Crippen MR) is 98.1 cm³/mol. The molecule has 3 rings (SSSR count). The van der Waals surface area contributed by atoms with Gasteiger partial charge < -0.3 is 11.1 Å². The number of rotatable bonds is 5. The normalized spacial score (nSPS) is 16.0. The number of hydrogen-bond donors (Lipinski definition) is 2. The van der Waals surface area contributed by atoms with Gasteiger partial charge in [-0.15, -0.1) is 0 Å². The van der Waals surface area contributed by atoms with Gasteiger partial charge in [0, 0.05) is 36.9 Å². The van der Waals surface area contributed by atoms with E-state index in [1.165, 1.54) is 11.3 Å². The SMILES string of the molecule is Cc1cccc(NC2CCN(Cc3cccc(C(N)=O)c3)CC2)c1. The van der Waals surface area contributed by atoms with Gasteiger partial charge in [0.2, 0.25) is 5.91 Å². The number of carbonyl (C=O) groups excluding carboxylic acids is 1. The number of amides is 1. The number of anilines is 1. The van der Waals surface area contributed by atoms with Crippen molar-refractivity contribution >= 4 is 11.6 Å². The molecule has 0 saturated carbocycles. The molecule has 0 aromatic heterocycles. The summed E-state index contributed by atoms with van der Waals surface area (Å²) in [6.45, 7) is 5.11. The lowest BCUT2D eigenvalue weighted by Gasteiger charge is -2.33. The fourth-order valence-corrected chi connectivity index (χ4v) is 3.29. The molecule has 126 valence electrons. The lowest BCUT2D eigenvalue weighted by atomic mass is 10.0. The summed E-state index contributed by atoms with van der Waals surface area (Å²) in [5.74, 6) is -0.363. The summed E-state index contributed by atoms with van der Waals surface area (Å²) in [4.78, 5) is 13.7. The highest BCUT2D eigenvalue weighted by molar-refractivity contribution is 5.92. The number of primary amides is 1. The number of aryl methyl sites for hydroxylation is 1. The van der Waals surface area contributed by atoms with Crippen molar-refractivity contribution < 1.29 is 4.79 Å². The molecule has 0 radical (unpaired) electrons. The molecule has 1 aliphatic heterocycles. The van der Waals surface area contributed by atoms with E-state index in [0.717, 1.165) is 38.0 Å². The lowest BCUT2D eigenvalue weighted by molar-refractivity contribution is 0.1000. The molecule has 1 amide bonds. The van der Waals surface area contributed by atoms with Crippen LogP contribution in [0.3, 0.4) is 0 Å². The molecular formula is C20H25N3O. The molecule has 0 aliphatic carbocycles. The fourth-order valence-electron chi connectivity index (χ4n) is 3.29. The summed E-state index contributed by atoms with van der Waals surface area (Å²) in [5.41, 5.74) is 9.59. The Hall–Kier alpha value is -2.33.